The lowest BCUT2D eigenvalue weighted by molar-refractivity contribution is 0.0244. The molecular formula is C10H14FN3O5. The molecule has 7 N–H and O–H groups in total. The number of hydrogen-bond donors (Lipinski definition) is 4. The number of aromatic nitrogens is 2. The number of anilines is 1. The molecule has 0 saturated carbocycles. The van der Waals surface area contributed by atoms with E-state index in [1.165, 1.54) is 12.3 Å². The van der Waals surface area contributed by atoms with Gasteiger partial charge in [-0.3, -0.25) is 4.57 Å². The van der Waals surface area contributed by atoms with Gasteiger partial charge < -0.3 is 26.5 Å². The highest BCUT2D eigenvalue weighted by Gasteiger charge is 2.43. The maximum Gasteiger partial charge on any atom is 0.350 e. The molecule has 1 aromatic heterocycles. The monoisotopic (exact) mass is 275 g/mol. The van der Waals surface area contributed by atoms with Crippen LogP contribution in [0.1, 0.15) is 6.04 Å². The van der Waals surface area contributed by atoms with Crippen molar-refractivity contribution < 1.29 is 25.2 Å². The molecular weight excluding hydrogens is 261 g/mol. The first-order valence-electron chi connectivity index (χ1n) is 5.17. The van der Waals surface area contributed by atoms with E-state index in [1.54, 1.807) is 0 Å². The van der Waals surface area contributed by atoms with Crippen LogP contribution in [0.5, 0.6) is 0 Å². The van der Waals surface area contributed by atoms with E-state index in [0.29, 0.717) is 0 Å². The molecule has 1 aliphatic carbocycles. The molecule has 8 nitrogen and oxygen atoms in total. The normalized spacial score (nSPS) is 26.4. The molecule has 1 aromatic rings. The maximum absolute atomic E-state index is 13.9. The molecule has 0 fully saturated rings. The third kappa shape index (κ3) is 2.36. The van der Waals surface area contributed by atoms with Crippen LogP contribution in [0.3, 0.4) is 0 Å². The topological polar surface area (TPSA) is 153 Å². The zero-order valence-electron chi connectivity index (χ0n) is 9.69. The number of nitrogens with two attached hydrogens (primary N) is 1. The van der Waals surface area contributed by atoms with Gasteiger partial charge in [-0.2, -0.15) is 4.98 Å². The predicted octanol–water partition coefficient (Wildman–Crippen LogP) is -2.51. The number of halogens is 1. The average molecular weight is 275 g/mol. The van der Waals surface area contributed by atoms with Gasteiger partial charge in [0.2, 0.25) is 0 Å². The van der Waals surface area contributed by atoms with Gasteiger partial charge in [0, 0.05) is 11.8 Å². The fraction of sp³-hybridized carbons (Fsp3) is 0.400. The van der Waals surface area contributed by atoms with Crippen LogP contribution in [0.4, 0.5) is 10.2 Å². The molecule has 9 heteroatoms. The fourth-order valence-electron chi connectivity index (χ4n) is 1.95. The lowest BCUT2D eigenvalue weighted by atomic mass is 10.1. The van der Waals surface area contributed by atoms with Gasteiger partial charge in [0.05, 0.1) is 6.61 Å². The van der Waals surface area contributed by atoms with Crippen molar-refractivity contribution in [2.24, 2.45) is 0 Å². The molecule has 0 bridgehead atoms. The van der Waals surface area contributed by atoms with Crippen molar-refractivity contribution in [1.29, 1.82) is 0 Å². The van der Waals surface area contributed by atoms with Crippen molar-refractivity contribution in [3.05, 3.63) is 34.1 Å². The number of nitrogen functional groups attached to an aromatic ring is 1. The fourth-order valence-corrected chi connectivity index (χ4v) is 1.95. The second-order valence-corrected chi connectivity index (χ2v) is 3.95. The van der Waals surface area contributed by atoms with E-state index in [-0.39, 0.29) is 16.9 Å². The highest BCUT2D eigenvalue weighted by atomic mass is 19.1. The standard InChI is InChI=1S/C10H12FN3O4.H2O/c11-6-4(3-15)8(16)9(17)7(6)14-2-1-5(12)13-10(14)18;/h1-2,7-9,15-17H,3H2,(H2,12,13,18);1H2/t7-,8-,9+;/m1./s1. The molecule has 3 atom stereocenters. The van der Waals surface area contributed by atoms with Crippen molar-refractivity contribution in [3.63, 3.8) is 0 Å². The molecule has 2 rings (SSSR count). The van der Waals surface area contributed by atoms with Crippen LogP contribution in [0.15, 0.2) is 28.5 Å². The van der Waals surface area contributed by atoms with Gasteiger partial charge in [0.25, 0.3) is 0 Å². The largest absolute Gasteiger partial charge is 0.412 e. The van der Waals surface area contributed by atoms with Gasteiger partial charge in [-0.15, -0.1) is 0 Å². The molecule has 0 radical (unpaired) electrons. The Morgan fingerprint density at radius 1 is 1.47 bits per heavy atom. The zero-order chi connectivity index (χ0) is 13.4. The van der Waals surface area contributed by atoms with Crippen LogP contribution in [0.25, 0.3) is 0 Å². The van der Waals surface area contributed by atoms with Gasteiger partial charge in [-0.1, -0.05) is 0 Å². The first kappa shape index (κ1) is 15.2. The van der Waals surface area contributed by atoms with Crippen LogP contribution in [0.2, 0.25) is 0 Å². The van der Waals surface area contributed by atoms with E-state index < -0.39 is 36.4 Å². The van der Waals surface area contributed by atoms with Crippen LogP contribution in [-0.2, 0) is 0 Å². The summed E-state index contributed by atoms with van der Waals surface area (Å²) in [5.74, 6) is -0.970. The third-order valence-electron chi connectivity index (χ3n) is 2.89. The van der Waals surface area contributed by atoms with Gasteiger partial charge in [-0.05, 0) is 6.07 Å². The number of aliphatic hydroxyl groups excluding tert-OH is 3. The van der Waals surface area contributed by atoms with Crippen LogP contribution < -0.4 is 11.4 Å². The summed E-state index contributed by atoms with van der Waals surface area (Å²) in [6.07, 6.45) is -1.94. The number of aliphatic hydroxyl groups is 3. The van der Waals surface area contributed by atoms with Gasteiger partial charge in [0.15, 0.2) is 0 Å². The Morgan fingerprint density at radius 3 is 2.58 bits per heavy atom. The Labute approximate surface area is 106 Å². The molecule has 0 aliphatic heterocycles. The summed E-state index contributed by atoms with van der Waals surface area (Å²) in [5, 5.41) is 28.2. The quantitative estimate of drug-likeness (QED) is 0.467. The number of nitrogens with zero attached hydrogens (tertiary/aromatic N) is 2. The summed E-state index contributed by atoms with van der Waals surface area (Å²) in [7, 11) is 0. The van der Waals surface area contributed by atoms with Crippen molar-refractivity contribution in [2.75, 3.05) is 12.3 Å². The Kier molecular flexibility index (Phi) is 4.37. The van der Waals surface area contributed by atoms with Crippen LogP contribution in [-0.4, -0.2) is 49.2 Å². The second-order valence-electron chi connectivity index (χ2n) is 3.95. The SMILES string of the molecule is Nc1ccn([C@@H]2C(F)=C(CO)[C@@H](O)[C@H]2O)c(=O)n1.O. The molecule has 1 aliphatic rings. The highest BCUT2D eigenvalue weighted by molar-refractivity contribution is 5.30. The van der Waals surface area contributed by atoms with Crippen molar-refractivity contribution in [2.45, 2.75) is 18.2 Å². The summed E-state index contributed by atoms with van der Waals surface area (Å²) in [6.45, 7) is -0.738. The second kappa shape index (κ2) is 5.45. The third-order valence-corrected chi connectivity index (χ3v) is 2.89. The first-order valence-corrected chi connectivity index (χ1v) is 5.17. The lowest BCUT2D eigenvalue weighted by Gasteiger charge is -2.19. The smallest absolute Gasteiger partial charge is 0.350 e. The Hall–Kier alpha value is -1.81. The summed E-state index contributed by atoms with van der Waals surface area (Å²) >= 11 is 0. The number of rotatable bonds is 2. The highest BCUT2D eigenvalue weighted by Crippen LogP contribution is 2.36. The Bertz CT molecular complexity index is 558. The van der Waals surface area contributed by atoms with E-state index in [2.05, 4.69) is 4.98 Å². The first-order chi connectivity index (χ1) is 8.47. The minimum atomic E-state index is -1.56. The minimum absolute atomic E-state index is 0. The van der Waals surface area contributed by atoms with Crippen LogP contribution in [0, 0.1) is 0 Å². The molecule has 0 saturated heterocycles. The van der Waals surface area contributed by atoms with E-state index in [4.69, 9.17) is 10.8 Å². The Morgan fingerprint density at radius 2 is 2.11 bits per heavy atom. The average Bonchev–Trinajstić information content (AvgIpc) is 2.52. The van der Waals surface area contributed by atoms with Crippen molar-refractivity contribution in [3.8, 4) is 0 Å². The molecule has 0 spiro atoms. The summed E-state index contributed by atoms with van der Waals surface area (Å²) in [6, 6.07) is -0.132. The van der Waals surface area contributed by atoms with Gasteiger partial charge >= 0.3 is 5.69 Å². The van der Waals surface area contributed by atoms with E-state index in [0.717, 1.165) is 4.57 Å². The molecule has 0 unspecified atom stereocenters. The molecule has 1 heterocycles. The molecule has 0 amide bonds. The number of hydrogen-bond acceptors (Lipinski definition) is 6. The van der Waals surface area contributed by atoms with E-state index in [9.17, 15) is 19.4 Å². The summed E-state index contributed by atoms with van der Waals surface area (Å²) < 4.78 is 14.7. The zero-order valence-corrected chi connectivity index (χ0v) is 9.69. The molecule has 0 aromatic carbocycles. The van der Waals surface area contributed by atoms with Crippen molar-refractivity contribution >= 4 is 5.82 Å². The van der Waals surface area contributed by atoms with E-state index >= 15 is 0 Å². The summed E-state index contributed by atoms with van der Waals surface area (Å²) in [4.78, 5) is 15.0. The minimum Gasteiger partial charge on any atom is -0.412 e. The van der Waals surface area contributed by atoms with Gasteiger partial charge in [-0.25, -0.2) is 9.18 Å². The predicted molar refractivity (Wildman–Crippen MR) is 62.8 cm³/mol. The van der Waals surface area contributed by atoms with Gasteiger partial charge in [0.1, 0.15) is 29.9 Å². The van der Waals surface area contributed by atoms with E-state index in [1.807, 2.05) is 0 Å². The molecule has 19 heavy (non-hydrogen) atoms. The van der Waals surface area contributed by atoms with Crippen molar-refractivity contribution in [1.82, 2.24) is 9.55 Å². The lowest BCUT2D eigenvalue weighted by Crippen LogP contribution is -2.36. The maximum atomic E-state index is 13.9. The Balaban J connectivity index is 0.00000180. The molecule has 106 valence electrons. The van der Waals surface area contributed by atoms with Crippen LogP contribution >= 0.6 is 0 Å². The summed E-state index contributed by atoms with van der Waals surface area (Å²) in [5.41, 5.74) is 4.11.